The highest BCUT2D eigenvalue weighted by Gasteiger charge is 2.18. The number of rotatable bonds is 1. The van der Waals surface area contributed by atoms with Gasteiger partial charge in [0.15, 0.2) is 5.17 Å². The van der Waals surface area contributed by atoms with E-state index in [1.54, 1.807) is 0 Å². The van der Waals surface area contributed by atoms with Gasteiger partial charge in [-0.25, -0.2) is 0 Å². The molecule has 0 spiro atoms. The Labute approximate surface area is 132 Å². The first-order valence-electron chi connectivity index (χ1n) is 7.11. The summed E-state index contributed by atoms with van der Waals surface area (Å²) in [5, 5.41) is 10.0. The van der Waals surface area contributed by atoms with Crippen LogP contribution in [-0.4, -0.2) is 34.6 Å². The zero-order valence-electron chi connectivity index (χ0n) is 11.4. The molecule has 5 heteroatoms. The molecule has 3 rings (SSSR count). The summed E-state index contributed by atoms with van der Waals surface area (Å²) < 4.78 is 1.10. The van der Waals surface area contributed by atoms with Crippen molar-refractivity contribution < 1.29 is 0 Å². The van der Waals surface area contributed by atoms with Gasteiger partial charge in [-0.3, -0.25) is 0 Å². The van der Waals surface area contributed by atoms with Crippen LogP contribution in [0.3, 0.4) is 0 Å². The van der Waals surface area contributed by atoms with Gasteiger partial charge in [-0.2, -0.15) is 5.10 Å². The Morgan fingerprint density at radius 1 is 0.950 bits per heavy atom. The standard InChI is InChI=1S/C15H18BrN3S/c16-13-7-5-12(6-8-13)14-11-20-15(18-17-14)19-9-3-1-2-4-10-19/h5-8H,1-4,9-11H2. The van der Waals surface area contributed by atoms with E-state index in [1.807, 2.05) is 11.8 Å². The number of benzene rings is 1. The molecule has 1 saturated heterocycles. The van der Waals surface area contributed by atoms with Crippen molar-refractivity contribution in [1.82, 2.24) is 4.90 Å². The van der Waals surface area contributed by atoms with Crippen LogP contribution >= 0.6 is 27.7 Å². The summed E-state index contributed by atoms with van der Waals surface area (Å²) in [6.45, 7) is 2.27. The fourth-order valence-electron chi connectivity index (χ4n) is 2.49. The van der Waals surface area contributed by atoms with Gasteiger partial charge in [-0.15, -0.1) is 5.10 Å². The third-order valence-corrected chi connectivity index (χ3v) is 5.19. The summed E-state index contributed by atoms with van der Waals surface area (Å²) >= 11 is 5.28. The molecular formula is C15H18BrN3S. The molecule has 2 aliphatic rings. The van der Waals surface area contributed by atoms with E-state index >= 15 is 0 Å². The molecular weight excluding hydrogens is 334 g/mol. The normalized spacial score (nSPS) is 20.1. The molecule has 1 aromatic rings. The van der Waals surface area contributed by atoms with Crippen LogP contribution in [0, 0.1) is 0 Å². The third kappa shape index (κ3) is 3.44. The number of hydrogen-bond acceptors (Lipinski definition) is 4. The van der Waals surface area contributed by atoms with Gasteiger partial charge in [0.1, 0.15) is 0 Å². The Morgan fingerprint density at radius 2 is 1.65 bits per heavy atom. The summed E-state index contributed by atoms with van der Waals surface area (Å²) in [5.41, 5.74) is 2.24. The summed E-state index contributed by atoms with van der Waals surface area (Å²) in [6.07, 6.45) is 5.26. The molecule has 2 aliphatic heterocycles. The van der Waals surface area contributed by atoms with E-state index in [9.17, 15) is 0 Å². The highest BCUT2D eigenvalue weighted by atomic mass is 79.9. The van der Waals surface area contributed by atoms with E-state index < -0.39 is 0 Å². The van der Waals surface area contributed by atoms with Crippen molar-refractivity contribution in [1.29, 1.82) is 0 Å². The van der Waals surface area contributed by atoms with Crippen molar-refractivity contribution in [3.8, 4) is 0 Å². The number of nitrogens with zero attached hydrogens (tertiary/aromatic N) is 3. The molecule has 1 aromatic carbocycles. The van der Waals surface area contributed by atoms with Crippen molar-refractivity contribution in [2.75, 3.05) is 18.8 Å². The summed E-state index contributed by atoms with van der Waals surface area (Å²) in [4.78, 5) is 2.40. The van der Waals surface area contributed by atoms with Gasteiger partial charge >= 0.3 is 0 Å². The van der Waals surface area contributed by atoms with E-state index in [1.165, 1.54) is 31.2 Å². The van der Waals surface area contributed by atoms with E-state index in [4.69, 9.17) is 0 Å². The van der Waals surface area contributed by atoms with Crippen molar-refractivity contribution in [2.24, 2.45) is 10.2 Å². The van der Waals surface area contributed by atoms with Crippen molar-refractivity contribution in [3.63, 3.8) is 0 Å². The highest BCUT2D eigenvalue weighted by molar-refractivity contribution is 9.10. The van der Waals surface area contributed by atoms with Crippen LogP contribution < -0.4 is 0 Å². The van der Waals surface area contributed by atoms with Gasteiger partial charge in [0.25, 0.3) is 0 Å². The van der Waals surface area contributed by atoms with Crippen molar-refractivity contribution in [2.45, 2.75) is 25.7 Å². The predicted molar refractivity (Wildman–Crippen MR) is 90.6 cm³/mol. The maximum atomic E-state index is 4.46. The molecule has 0 aromatic heterocycles. The van der Waals surface area contributed by atoms with Crippen LogP contribution in [0.4, 0.5) is 0 Å². The largest absolute Gasteiger partial charge is 0.350 e. The Balaban J connectivity index is 1.73. The van der Waals surface area contributed by atoms with Gasteiger partial charge in [0.2, 0.25) is 0 Å². The zero-order valence-corrected chi connectivity index (χ0v) is 13.8. The molecule has 106 valence electrons. The summed E-state index contributed by atoms with van der Waals surface area (Å²) in [6, 6.07) is 8.29. The molecule has 2 heterocycles. The fourth-order valence-corrected chi connectivity index (χ4v) is 3.71. The minimum absolute atomic E-state index is 0.914. The van der Waals surface area contributed by atoms with E-state index in [0.29, 0.717) is 0 Å². The molecule has 0 unspecified atom stereocenters. The Morgan fingerprint density at radius 3 is 2.25 bits per heavy atom. The van der Waals surface area contributed by atoms with Crippen molar-refractivity contribution in [3.05, 3.63) is 34.3 Å². The lowest BCUT2D eigenvalue weighted by molar-refractivity contribution is 0.442. The molecule has 3 nitrogen and oxygen atoms in total. The number of hydrogen-bond donors (Lipinski definition) is 0. The Kier molecular flexibility index (Phi) is 4.78. The van der Waals surface area contributed by atoms with Gasteiger partial charge in [-0.05, 0) is 30.5 Å². The molecule has 0 radical (unpaired) electrons. The Bertz CT molecular complexity index is 516. The van der Waals surface area contributed by atoms with Gasteiger partial charge in [0.05, 0.1) is 5.71 Å². The molecule has 0 amide bonds. The van der Waals surface area contributed by atoms with Crippen LogP contribution in [0.1, 0.15) is 31.2 Å². The van der Waals surface area contributed by atoms with Crippen LogP contribution in [0.2, 0.25) is 0 Å². The van der Waals surface area contributed by atoms with Gasteiger partial charge in [-0.1, -0.05) is 52.7 Å². The lowest BCUT2D eigenvalue weighted by Gasteiger charge is -2.24. The first kappa shape index (κ1) is 14.1. The summed E-state index contributed by atoms with van der Waals surface area (Å²) in [7, 11) is 0. The molecule has 0 bridgehead atoms. The smallest absolute Gasteiger partial charge is 0.186 e. The summed E-state index contributed by atoms with van der Waals surface area (Å²) in [5.74, 6) is 0.914. The molecule has 0 aliphatic carbocycles. The van der Waals surface area contributed by atoms with Crippen LogP contribution in [0.5, 0.6) is 0 Å². The fraction of sp³-hybridized carbons (Fsp3) is 0.467. The average molecular weight is 352 g/mol. The number of halogens is 1. The Hall–Kier alpha value is -0.810. The lowest BCUT2D eigenvalue weighted by Crippen LogP contribution is -2.31. The maximum Gasteiger partial charge on any atom is 0.186 e. The average Bonchev–Trinajstić information content (AvgIpc) is 2.77. The van der Waals surface area contributed by atoms with Crippen LogP contribution in [0.15, 0.2) is 38.9 Å². The predicted octanol–water partition coefficient (Wildman–Crippen LogP) is 4.13. The second kappa shape index (κ2) is 6.76. The first-order valence-corrected chi connectivity index (χ1v) is 8.89. The molecule has 0 N–H and O–H groups in total. The zero-order chi connectivity index (χ0) is 13.8. The molecule has 20 heavy (non-hydrogen) atoms. The monoisotopic (exact) mass is 351 g/mol. The van der Waals surface area contributed by atoms with E-state index in [-0.39, 0.29) is 0 Å². The first-order chi connectivity index (χ1) is 9.83. The molecule has 0 saturated carbocycles. The number of amidine groups is 1. The lowest BCUT2D eigenvalue weighted by atomic mass is 10.1. The minimum Gasteiger partial charge on any atom is -0.350 e. The maximum absolute atomic E-state index is 4.46. The van der Waals surface area contributed by atoms with Crippen LogP contribution in [0.25, 0.3) is 0 Å². The third-order valence-electron chi connectivity index (χ3n) is 3.65. The second-order valence-corrected chi connectivity index (χ2v) is 6.98. The van der Waals surface area contributed by atoms with Crippen LogP contribution in [-0.2, 0) is 0 Å². The van der Waals surface area contributed by atoms with Crippen molar-refractivity contribution >= 4 is 38.6 Å². The number of thioether (sulfide) groups is 1. The minimum atomic E-state index is 0.914. The second-order valence-electron chi connectivity index (χ2n) is 5.13. The highest BCUT2D eigenvalue weighted by Crippen LogP contribution is 2.21. The topological polar surface area (TPSA) is 28.0 Å². The van der Waals surface area contributed by atoms with E-state index in [0.717, 1.165) is 34.2 Å². The molecule has 0 atom stereocenters. The van der Waals surface area contributed by atoms with Gasteiger partial charge in [0, 0.05) is 23.3 Å². The number of likely N-dealkylation sites (tertiary alicyclic amines) is 1. The SMILES string of the molecule is Brc1ccc(C2=NN=C(N3CCCCCC3)SC2)cc1. The van der Waals surface area contributed by atoms with Gasteiger partial charge < -0.3 is 4.90 Å². The van der Waals surface area contributed by atoms with E-state index in [2.05, 4.69) is 55.3 Å². The quantitative estimate of drug-likeness (QED) is 0.760. The molecule has 1 fully saturated rings.